The molecule has 3 rings (SSSR count). The monoisotopic (exact) mass is 304 g/mol. The van der Waals surface area contributed by atoms with Crippen LogP contribution in [0.2, 0.25) is 0 Å². The van der Waals surface area contributed by atoms with E-state index in [1.807, 2.05) is 4.90 Å². The summed E-state index contributed by atoms with van der Waals surface area (Å²) in [5, 5.41) is 3.54. The second-order valence-electron chi connectivity index (χ2n) is 6.02. The predicted molar refractivity (Wildman–Crippen MR) is 84.9 cm³/mol. The van der Waals surface area contributed by atoms with E-state index in [1.165, 1.54) is 12.7 Å². The summed E-state index contributed by atoms with van der Waals surface area (Å²) in [5.74, 6) is 2.12. The fourth-order valence-electron chi connectivity index (χ4n) is 2.75. The Bertz CT molecular complexity index is 532. The van der Waals surface area contributed by atoms with Crippen LogP contribution < -0.4 is 5.32 Å². The van der Waals surface area contributed by atoms with Crippen LogP contribution in [0.3, 0.4) is 0 Å². The fourth-order valence-corrected chi connectivity index (χ4v) is 2.75. The average Bonchev–Trinajstić information content (AvgIpc) is 3.02. The van der Waals surface area contributed by atoms with Gasteiger partial charge in [-0.05, 0) is 31.4 Å². The van der Waals surface area contributed by atoms with Crippen LogP contribution >= 0.6 is 0 Å². The first kappa shape index (κ1) is 14.9. The average molecular weight is 304 g/mol. The fraction of sp³-hybridized carbons (Fsp3) is 0.625. The molecule has 6 nitrogen and oxygen atoms in total. The first-order valence-corrected chi connectivity index (χ1v) is 8.07. The first-order valence-electron chi connectivity index (χ1n) is 8.07. The highest BCUT2D eigenvalue weighted by Crippen LogP contribution is 2.29. The summed E-state index contributed by atoms with van der Waals surface area (Å²) in [4.78, 5) is 20.9. The Morgan fingerprint density at radius 2 is 2.05 bits per heavy atom. The molecule has 2 fully saturated rings. The van der Waals surface area contributed by atoms with E-state index in [4.69, 9.17) is 4.42 Å². The van der Waals surface area contributed by atoms with Crippen LogP contribution in [-0.4, -0.2) is 60.4 Å². The molecule has 1 aliphatic heterocycles. The van der Waals surface area contributed by atoms with E-state index in [0.717, 1.165) is 31.5 Å². The molecule has 0 bridgehead atoms. The van der Waals surface area contributed by atoms with Crippen molar-refractivity contribution < 1.29 is 9.21 Å². The van der Waals surface area contributed by atoms with Gasteiger partial charge in [0.15, 0.2) is 11.7 Å². The normalized spacial score (nSPS) is 25.3. The van der Waals surface area contributed by atoms with Crippen molar-refractivity contribution in [2.75, 3.05) is 32.7 Å². The Hall–Kier alpha value is -1.98. The topological polar surface area (TPSA) is 61.1 Å². The Kier molecular flexibility index (Phi) is 4.36. The van der Waals surface area contributed by atoms with Gasteiger partial charge in [0.05, 0.1) is 6.26 Å². The number of nitrogens with zero attached hydrogens (tertiary/aromatic N) is 3. The summed E-state index contributed by atoms with van der Waals surface area (Å²) in [7, 11) is 0. The van der Waals surface area contributed by atoms with Gasteiger partial charge in [0.25, 0.3) is 5.91 Å². The first-order chi connectivity index (χ1) is 10.7. The van der Waals surface area contributed by atoms with E-state index in [9.17, 15) is 4.79 Å². The molecule has 1 amide bonds. The van der Waals surface area contributed by atoms with Gasteiger partial charge in [0, 0.05) is 38.8 Å². The van der Waals surface area contributed by atoms with Crippen molar-refractivity contribution in [2.45, 2.75) is 26.3 Å². The molecule has 1 saturated heterocycles. The van der Waals surface area contributed by atoms with Gasteiger partial charge in [-0.15, -0.1) is 0 Å². The smallest absolute Gasteiger partial charge is 0.289 e. The van der Waals surface area contributed by atoms with Gasteiger partial charge >= 0.3 is 0 Å². The lowest BCUT2D eigenvalue weighted by molar-refractivity contribution is 0.0657. The molecule has 0 spiro atoms. The second-order valence-corrected chi connectivity index (χ2v) is 6.02. The number of furan rings is 1. The number of nitrogens with one attached hydrogen (secondary N) is 1. The number of guanidine groups is 1. The van der Waals surface area contributed by atoms with Crippen LogP contribution in [0.15, 0.2) is 27.8 Å². The van der Waals surface area contributed by atoms with Gasteiger partial charge in [-0.2, -0.15) is 0 Å². The number of piperazine rings is 1. The molecular weight excluding hydrogens is 280 g/mol. The lowest BCUT2D eigenvalue weighted by Gasteiger charge is -2.36. The highest BCUT2D eigenvalue weighted by molar-refractivity contribution is 5.91. The zero-order valence-electron chi connectivity index (χ0n) is 13.3. The van der Waals surface area contributed by atoms with Gasteiger partial charge in [0.2, 0.25) is 0 Å². The minimum Gasteiger partial charge on any atom is -0.459 e. The highest BCUT2D eigenvalue weighted by Gasteiger charge is 2.35. The standard InChI is InChI=1S/C16H24N4O2/c1-3-17-16(18-13-11-12(13)2)20-8-6-19(7-9-20)15(21)14-5-4-10-22-14/h4-5,10,12-13H,3,6-9,11H2,1-2H3,(H,17,18). The van der Waals surface area contributed by atoms with Gasteiger partial charge < -0.3 is 19.5 Å². The molecule has 1 aromatic rings. The Labute approximate surface area is 131 Å². The zero-order valence-corrected chi connectivity index (χ0v) is 13.3. The van der Waals surface area contributed by atoms with E-state index in [1.54, 1.807) is 12.1 Å². The third kappa shape index (κ3) is 3.26. The summed E-state index contributed by atoms with van der Waals surface area (Å²) in [6.07, 6.45) is 2.76. The van der Waals surface area contributed by atoms with Crippen molar-refractivity contribution in [1.29, 1.82) is 0 Å². The maximum Gasteiger partial charge on any atom is 0.289 e. The molecule has 22 heavy (non-hydrogen) atoms. The van der Waals surface area contributed by atoms with Crippen LogP contribution in [0, 0.1) is 5.92 Å². The molecule has 120 valence electrons. The lowest BCUT2D eigenvalue weighted by atomic mass is 10.3. The van der Waals surface area contributed by atoms with Crippen LogP contribution in [-0.2, 0) is 0 Å². The highest BCUT2D eigenvalue weighted by atomic mass is 16.3. The third-order valence-corrected chi connectivity index (χ3v) is 4.33. The molecule has 1 aromatic heterocycles. The van der Waals surface area contributed by atoms with Crippen LogP contribution in [0.4, 0.5) is 0 Å². The third-order valence-electron chi connectivity index (χ3n) is 4.33. The Balaban J connectivity index is 1.55. The van der Waals surface area contributed by atoms with Gasteiger partial charge in [-0.3, -0.25) is 9.79 Å². The Morgan fingerprint density at radius 3 is 2.59 bits per heavy atom. The summed E-state index contributed by atoms with van der Waals surface area (Å²) in [6, 6.07) is 4.03. The molecular formula is C16H24N4O2. The van der Waals surface area contributed by atoms with Gasteiger partial charge in [-0.25, -0.2) is 0 Å². The molecule has 2 heterocycles. The molecule has 0 aromatic carbocycles. The summed E-state index contributed by atoms with van der Waals surface area (Å²) >= 11 is 0. The molecule has 6 heteroatoms. The molecule has 2 unspecified atom stereocenters. The van der Waals surface area contributed by atoms with E-state index in [2.05, 4.69) is 29.1 Å². The Morgan fingerprint density at radius 1 is 1.36 bits per heavy atom. The van der Waals surface area contributed by atoms with Gasteiger partial charge in [0.1, 0.15) is 0 Å². The summed E-state index contributed by atoms with van der Waals surface area (Å²) in [6.45, 7) is 8.08. The molecule has 1 aliphatic carbocycles. The quantitative estimate of drug-likeness (QED) is 0.677. The van der Waals surface area contributed by atoms with Crippen molar-refractivity contribution in [3.05, 3.63) is 24.2 Å². The number of amides is 1. The summed E-state index contributed by atoms with van der Waals surface area (Å²) < 4.78 is 5.19. The van der Waals surface area contributed by atoms with Crippen molar-refractivity contribution >= 4 is 11.9 Å². The number of aliphatic imine (C=N–C) groups is 1. The predicted octanol–water partition coefficient (Wildman–Crippen LogP) is 1.41. The van der Waals surface area contributed by atoms with Gasteiger partial charge in [-0.1, -0.05) is 6.92 Å². The second kappa shape index (κ2) is 6.42. The van der Waals surface area contributed by atoms with Crippen LogP contribution in [0.5, 0.6) is 0 Å². The molecule has 1 N–H and O–H groups in total. The van der Waals surface area contributed by atoms with Crippen molar-refractivity contribution in [2.24, 2.45) is 10.9 Å². The van der Waals surface area contributed by atoms with Crippen molar-refractivity contribution in [3.63, 3.8) is 0 Å². The van der Waals surface area contributed by atoms with E-state index in [-0.39, 0.29) is 5.91 Å². The number of carbonyl (C=O) groups excluding carboxylic acids is 1. The van der Waals surface area contributed by atoms with E-state index < -0.39 is 0 Å². The largest absolute Gasteiger partial charge is 0.459 e. The number of carbonyl (C=O) groups is 1. The number of hydrogen-bond donors (Lipinski definition) is 1. The van der Waals surface area contributed by atoms with Crippen molar-refractivity contribution in [1.82, 2.24) is 15.1 Å². The number of rotatable bonds is 3. The maximum absolute atomic E-state index is 12.3. The molecule has 0 radical (unpaired) electrons. The maximum atomic E-state index is 12.3. The van der Waals surface area contributed by atoms with Crippen LogP contribution in [0.25, 0.3) is 0 Å². The molecule has 1 saturated carbocycles. The number of hydrogen-bond acceptors (Lipinski definition) is 3. The van der Waals surface area contributed by atoms with Crippen molar-refractivity contribution in [3.8, 4) is 0 Å². The van der Waals surface area contributed by atoms with E-state index in [0.29, 0.717) is 24.9 Å². The lowest BCUT2D eigenvalue weighted by Crippen LogP contribution is -2.54. The summed E-state index contributed by atoms with van der Waals surface area (Å²) in [5.41, 5.74) is 0. The van der Waals surface area contributed by atoms with Crippen LogP contribution in [0.1, 0.15) is 30.8 Å². The zero-order chi connectivity index (χ0) is 15.5. The SMILES string of the molecule is CCN=C(NC1CC1C)N1CCN(C(=O)c2ccco2)CC1. The molecule has 2 atom stereocenters. The van der Waals surface area contributed by atoms with E-state index >= 15 is 0 Å². The molecule has 2 aliphatic rings. The minimum absolute atomic E-state index is 0.0256. The minimum atomic E-state index is -0.0256.